The van der Waals surface area contributed by atoms with Crippen molar-refractivity contribution in [3.63, 3.8) is 0 Å². The van der Waals surface area contributed by atoms with E-state index in [4.69, 9.17) is 0 Å². The number of hydrogen-bond acceptors (Lipinski definition) is 4. The van der Waals surface area contributed by atoms with Gasteiger partial charge in [0.15, 0.2) is 0 Å². The van der Waals surface area contributed by atoms with Gasteiger partial charge in [-0.05, 0) is 25.5 Å². The zero-order valence-electron chi connectivity index (χ0n) is 11.1. The molecule has 2 aromatic heterocycles. The summed E-state index contributed by atoms with van der Waals surface area (Å²) in [5.41, 5.74) is 2.06. The van der Waals surface area contributed by atoms with Gasteiger partial charge in [0.1, 0.15) is 11.6 Å². The van der Waals surface area contributed by atoms with Crippen LogP contribution in [-0.4, -0.2) is 21.3 Å². The number of nitrogens with one attached hydrogen (secondary N) is 2. The second-order valence-corrected chi connectivity index (χ2v) is 4.08. The smallest absolute Gasteiger partial charge is 0.132 e. The van der Waals surface area contributed by atoms with E-state index in [-0.39, 0.29) is 0 Å². The van der Waals surface area contributed by atoms with E-state index in [1.165, 1.54) is 0 Å². The fourth-order valence-corrected chi connectivity index (χ4v) is 1.82. The van der Waals surface area contributed by atoms with Crippen molar-refractivity contribution in [2.75, 3.05) is 17.2 Å². The van der Waals surface area contributed by atoms with Crippen LogP contribution in [0.2, 0.25) is 0 Å². The van der Waals surface area contributed by atoms with Crippen LogP contribution in [0.15, 0.2) is 24.4 Å². The van der Waals surface area contributed by atoms with Crippen molar-refractivity contribution in [2.45, 2.75) is 20.3 Å². The monoisotopic (exact) mass is 245 g/mol. The predicted octanol–water partition coefficient (Wildman–Crippen LogP) is 2.55. The number of aryl methyl sites for hydroxylation is 2. The van der Waals surface area contributed by atoms with Gasteiger partial charge in [0.2, 0.25) is 0 Å². The molecule has 0 bridgehead atoms. The lowest BCUT2D eigenvalue weighted by molar-refractivity contribution is 0.746. The molecular formula is C13H19N5. The lowest BCUT2D eigenvalue weighted by atomic mass is 10.3. The van der Waals surface area contributed by atoms with Crippen molar-refractivity contribution in [3.8, 4) is 0 Å². The van der Waals surface area contributed by atoms with Gasteiger partial charge in [-0.2, -0.15) is 5.10 Å². The highest BCUT2D eigenvalue weighted by Gasteiger charge is 2.06. The highest BCUT2D eigenvalue weighted by Crippen LogP contribution is 2.19. The van der Waals surface area contributed by atoms with E-state index in [0.29, 0.717) is 0 Å². The molecule has 0 aromatic carbocycles. The van der Waals surface area contributed by atoms with E-state index in [9.17, 15) is 0 Å². The number of hydrogen-bond donors (Lipinski definition) is 2. The van der Waals surface area contributed by atoms with Crippen LogP contribution in [0.5, 0.6) is 0 Å². The minimum absolute atomic E-state index is 0.830. The van der Waals surface area contributed by atoms with E-state index < -0.39 is 0 Å². The Hall–Kier alpha value is -2.04. The van der Waals surface area contributed by atoms with Gasteiger partial charge in [0.05, 0.1) is 11.4 Å². The van der Waals surface area contributed by atoms with Crippen molar-refractivity contribution >= 4 is 17.3 Å². The van der Waals surface area contributed by atoms with Crippen molar-refractivity contribution in [1.29, 1.82) is 0 Å². The maximum Gasteiger partial charge on any atom is 0.132 e. The quantitative estimate of drug-likeness (QED) is 0.850. The zero-order valence-corrected chi connectivity index (χ0v) is 11.1. The molecule has 0 saturated heterocycles. The van der Waals surface area contributed by atoms with E-state index in [0.717, 1.165) is 36.0 Å². The van der Waals surface area contributed by atoms with E-state index >= 15 is 0 Å². The Morgan fingerprint density at radius 2 is 2.00 bits per heavy atom. The molecule has 0 aliphatic heterocycles. The molecule has 0 amide bonds. The molecule has 2 aromatic rings. The molecule has 5 heteroatoms. The highest BCUT2D eigenvalue weighted by molar-refractivity contribution is 5.59. The number of pyridine rings is 1. The Morgan fingerprint density at radius 3 is 2.72 bits per heavy atom. The summed E-state index contributed by atoms with van der Waals surface area (Å²) in [7, 11) is 1.92. The Balaban J connectivity index is 2.19. The Labute approximate surface area is 107 Å². The van der Waals surface area contributed by atoms with Crippen molar-refractivity contribution in [1.82, 2.24) is 14.8 Å². The summed E-state index contributed by atoms with van der Waals surface area (Å²) in [5.74, 6) is 1.71. The fourth-order valence-electron chi connectivity index (χ4n) is 1.82. The molecule has 0 spiro atoms. The van der Waals surface area contributed by atoms with Crippen molar-refractivity contribution < 1.29 is 0 Å². The predicted molar refractivity (Wildman–Crippen MR) is 74.3 cm³/mol. The maximum atomic E-state index is 4.48. The molecule has 0 saturated carbocycles. The standard InChI is InChI=1S/C13H19N5/c1-4-10-11(9-18(3)17-10)15-13-8-6-7-12(16-13)14-5-2/h6-9H,4-5H2,1-3H3,(H2,14,15,16). The summed E-state index contributed by atoms with van der Waals surface area (Å²) in [5, 5.41) is 10.9. The third-order valence-corrected chi connectivity index (χ3v) is 2.61. The van der Waals surface area contributed by atoms with Crippen LogP contribution in [0.25, 0.3) is 0 Å². The number of nitrogens with zero attached hydrogens (tertiary/aromatic N) is 3. The van der Waals surface area contributed by atoms with Crippen LogP contribution in [0, 0.1) is 0 Å². The molecule has 18 heavy (non-hydrogen) atoms. The summed E-state index contributed by atoms with van der Waals surface area (Å²) in [4.78, 5) is 4.48. The van der Waals surface area contributed by atoms with Gasteiger partial charge in [-0.25, -0.2) is 4.98 Å². The average molecular weight is 245 g/mol. The van der Waals surface area contributed by atoms with Gasteiger partial charge >= 0.3 is 0 Å². The first kappa shape index (κ1) is 12.4. The molecular weight excluding hydrogens is 226 g/mol. The first-order chi connectivity index (χ1) is 8.72. The molecule has 0 aliphatic rings. The highest BCUT2D eigenvalue weighted by atomic mass is 15.3. The largest absolute Gasteiger partial charge is 0.370 e. The number of anilines is 3. The van der Waals surface area contributed by atoms with Crippen LogP contribution in [0.4, 0.5) is 17.3 Å². The first-order valence-electron chi connectivity index (χ1n) is 6.23. The third kappa shape index (κ3) is 2.80. The van der Waals surface area contributed by atoms with Crippen molar-refractivity contribution in [2.24, 2.45) is 7.05 Å². The molecule has 0 radical (unpaired) electrons. The SMILES string of the molecule is CCNc1cccc(Nc2cn(C)nc2CC)n1. The van der Waals surface area contributed by atoms with Crippen LogP contribution in [-0.2, 0) is 13.5 Å². The summed E-state index contributed by atoms with van der Waals surface area (Å²) in [6.07, 6.45) is 2.87. The second kappa shape index (κ2) is 5.53. The third-order valence-electron chi connectivity index (χ3n) is 2.61. The Kier molecular flexibility index (Phi) is 3.82. The maximum absolute atomic E-state index is 4.48. The van der Waals surface area contributed by atoms with Crippen LogP contribution >= 0.6 is 0 Å². The minimum Gasteiger partial charge on any atom is -0.370 e. The van der Waals surface area contributed by atoms with Gasteiger partial charge in [0, 0.05) is 19.8 Å². The molecule has 2 N–H and O–H groups in total. The van der Waals surface area contributed by atoms with Crippen molar-refractivity contribution in [3.05, 3.63) is 30.1 Å². The molecule has 96 valence electrons. The Morgan fingerprint density at radius 1 is 1.22 bits per heavy atom. The minimum atomic E-state index is 0.830. The molecule has 0 fully saturated rings. The van der Waals surface area contributed by atoms with E-state index in [1.807, 2.05) is 36.1 Å². The van der Waals surface area contributed by atoms with E-state index in [1.54, 1.807) is 0 Å². The first-order valence-corrected chi connectivity index (χ1v) is 6.23. The second-order valence-electron chi connectivity index (χ2n) is 4.08. The molecule has 0 aliphatic carbocycles. The summed E-state index contributed by atoms with van der Waals surface area (Å²) in [6.45, 7) is 5.01. The molecule has 2 heterocycles. The normalized spacial score (nSPS) is 10.4. The molecule has 2 rings (SSSR count). The fraction of sp³-hybridized carbons (Fsp3) is 0.385. The van der Waals surface area contributed by atoms with E-state index in [2.05, 4.69) is 34.6 Å². The van der Waals surface area contributed by atoms with Crippen LogP contribution < -0.4 is 10.6 Å². The lowest BCUT2D eigenvalue weighted by Gasteiger charge is -2.07. The van der Waals surface area contributed by atoms with Gasteiger partial charge in [-0.15, -0.1) is 0 Å². The number of rotatable bonds is 5. The van der Waals surface area contributed by atoms with Gasteiger partial charge < -0.3 is 10.6 Å². The number of aromatic nitrogens is 3. The topological polar surface area (TPSA) is 54.8 Å². The molecule has 5 nitrogen and oxygen atoms in total. The van der Waals surface area contributed by atoms with Gasteiger partial charge in [-0.1, -0.05) is 13.0 Å². The zero-order chi connectivity index (χ0) is 13.0. The lowest BCUT2D eigenvalue weighted by Crippen LogP contribution is -2.01. The van der Waals surface area contributed by atoms with Crippen LogP contribution in [0.3, 0.4) is 0 Å². The molecule has 0 unspecified atom stereocenters. The van der Waals surface area contributed by atoms with Gasteiger partial charge in [-0.3, -0.25) is 4.68 Å². The summed E-state index contributed by atoms with van der Waals surface area (Å²) >= 11 is 0. The molecule has 0 atom stereocenters. The Bertz CT molecular complexity index is 518. The average Bonchev–Trinajstić information content (AvgIpc) is 2.70. The summed E-state index contributed by atoms with van der Waals surface area (Å²) in [6, 6.07) is 5.89. The summed E-state index contributed by atoms with van der Waals surface area (Å²) < 4.78 is 1.81. The van der Waals surface area contributed by atoms with Crippen LogP contribution in [0.1, 0.15) is 19.5 Å². The van der Waals surface area contributed by atoms with Gasteiger partial charge in [0.25, 0.3) is 0 Å².